The van der Waals surface area contributed by atoms with Gasteiger partial charge in [0.05, 0.1) is 11.1 Å². The van der Waals surface area contributed by atoms with E-state index in [1.165, 1.54) is 0 Å². The molecule has 1 aromatic rings. The van der Waals surface area contributed by atoms with Crippen molar-refractivity contribution in [2.75, 3.05) is 13.2 Å². The highest BCUT2D eigenvalue weighted by Crippen LogP contribution is 2.23. The first-order valence-electron chi connectivity index (χ1n) is 7.54. The minimum absolute atomic E-state index is 0.0530. The van der Waals surface area contributed by atoms with E-state index in [1.807, 2.05) is 24.3 Å². The first-order chi connectivity index (χ1) is 10.2. The van der Waals surface area contributed by atoms with Gasteiger partial charge in [0, 0.05) is 19.0 Å². The van der Waals surface area contributed by atoms with Gasteiger partial charge in [-0.2, -0.15) is 0 Å². The summed E-state index contributed by atoms with van der Waals surface area (Å²) in [5, 5.41) is 2.98. The van der Waals surface area contributed by atoms with Crippen LogP contribution in [0.5, 0.6) is 5.75 Å². The average molecular weight is 357 g/mol. The Labute approximate surface area is 135 Å². The molecule has 1 amide bonds. The molecule has 1 rings (SSSR count). The first-order valence-corrected chi connectivity index (χ1v) is 8.33. The maximum Gasteiger partial charge on any atom is 0.220 e. The lowest BCUT2D eigenvalue weighted by atomic mass is 10.1. The third-order valence-electron chi connectivity index (χ3n) is 3.20. The van der Waals surface area contributed by atoms with Crippen molar-refractivity contribution in [2.24, 2.45) is 5.73 Å². The molecule has 3 N–H and O–H groups in total. The molecule has 1 unspecified atom stereocenters. The third kappa shape index (κ3) is 7.48. The first kappa shape index (κ1) is 18.0. The van der Waals surface area contributed by atoms with E-state index in [0.717, 1.165) is 29.5 Å². The summed E-state index contributed by atoms with van der Waals surface area (Å²) in [7, 11) is 0. The Morgan fingerprint density at radius 1 is 1.38 bits per heavy atom. The second kappa shape index (κ2) is 10.6. The van der Waals surface area contributed by atoms with Crippen molar-refractivity contribution in [1.29, 1.82) is 0 Å². The van der Waals surface area contributed by atoms with Crippen molar-refractivity contribution in [3.8, 4) is 5.75 Å². The zero-order valence-corrected chi connectivity index (χ0v) is 14.2. The molecule has 0 fully saturated rings. The van der Waals surface area contributed by atoms with Gasteiger partial charge in [0.1, 0.15) is 5.75 Å². The number of carbonyl (C=O) groups excluding carboxylic acids is 1. The van der Waals surface area contributed by atoms with E-state index in [4.69, 9.17) is 10.5 Å². The fourth-order valence-corrected chi connectivity index (χ4v) is 2.38. The summed E-state index contributed by atoms with van der Waals surface area (Å²) < 4.78 is 6.56. The molecule has 118 valence electrons. The molecule has 5 heteroatoms. The summed E-state index contributed by atoms with van der Waals surface area (Å²) in [4.78, 5) is 11.8. The highest BCUT2D eigenvalue weighted by atomic mass is 79.9. The van der Waals surface area contributed by atoms with E-state index in [-0.39, 0.29) is 11.9 Å². The van der Waals surface area contributed by atoms with E-state index in [0.29, 0.717) is 26.0 Å². The molecule has 4 nitrogen and oxygen atoms in total. The minimum Gasteiger partial charge on any atom is -0.492 e. The monoisotopic (exact) mass is 356 g/mol. The van der Waals surface area contributed by atoms with Gasteiger partial charge in [-0.1, -0.05) is 31.9 Å². The molecular formula is C16H25BrN2O2. The molecule has 0 saturated heterocycles. The number of hydrogen-bond donors (Lipinski definition) is 2. The Morgan fingerprint density at radius 2 is 2.14 bits per heavy atom. The molecule has 1 atom stereocenters. The van der Waals surface area contributed by atoms with Crippen LogP contribution in [0.25, 0.3) is 0 Å². The van der Waals surface area contributed by atoms with Crippen LogP contribution in [0.4, 0.5) is 0 Å². The van der Waals surface area contributed by atoms with Crippen LogP contribution in [0.3, 0.4) is 0 Å². The Morgan fingerprint density at radius 3 is 2.81 bits per heavy atom. The van der Waals surface area contributed by atoms with Crippen molar-refractivity contribution in [3.63, 3.8) is 0 Å². The van der Waals surface area contributed by atoms with E-state index >= 15 is 0 Å². The maximum absolute atomic E-state index is 11.8. The predicted octanol–water partition coefficient (Wildman–Crippen LogP) is 3.24. The summed E-state index contributed by atoms with van der Waals surface area (Å²) in [5.74, 6) is 0.859. The van der Waals surface area contributed by atoms with Gasteiger partial charge < -0.3 is 15.8 Å². The smallest absolute Gasteiger partial charge is 0.220 e. The number of nitrogens with one attached hydrogen (secondary N) is 1. The van der Waals surface area contributed by atoms with Crippen molar-refractivity contribution < 1.29 is 9.53 Å². The van der Waals surface area contributed by atoms with E-state index in [2.05, 4.69) is 28.2 Å². The fourth-order valence-electron chi connectivity index (χ4n) is 1.98. The van der Waals surface area contributed by atoms with E-state index in [9.17, 15) is 4.79 Å². The van der Waals surface area contributed by atoms with Crippen LogP contribution >= 0.6 is 15.9 Å². The van der Waals surface area contributed by atoms with Crippen molar-refractivity contribution in [2.45, 2.75) is 45.1 Å². The molecule has 1 aromatic carbocycles. The molecule has 0 bridgehead atoms. The van der Waals surface area contributed by atoms with Crippen molar-refractivity contribution in [3.05, 3.63) is 28.7 Å². The van der Waals surface area contributed by atoms with Gasteiger partial charge in [-0.25, -0.2) is 0 Å². The number of benzene rings is 1. The van der Waals surface area contributed by atoms with Gasteiger partial charge >= 0.3 is 0 Å². The van der Waals surface area contributed by atoms with Gasteiger partial charge in [0.2, 0.25) is 5.91 Å². The van der Waals surface area contributed by atoms with Crippen LogP contribution in [0.15, 0.2) is 28.7 Å². The zero-order chi connectivity index (χ0) is 15.5. The molecule has 0 heterocycles. The maximum atomic E-state index is 11.8. The quantitative estimate of drug-likeness (QED) is 0.632. The summed E-state index contributed by atoms with van der Waals surface area (Å²) in [6.45, 7) is 3.16. The molecule has 0 aliphatic rings. The number of para-hydroxylation sites is 1. The molecule has 0 saturated carbocycles. The Balaban J connectivity index is 2.20. The fraction of sp³-hybridized carbons (Fsp3) is 0.562. The molecule has 0 aliphatic carbocycles. The summed E-state index contributed by atoms with van der Waals surface area (Å²) in [6, 6.07) is 7.79. The SMILES string of the molecule is CCCCC(CN)NC(=O)CCCOc1ccccc1Br. The van der Waals surface area contributed by atoms with Crippen LogP contribution in [-0.4, -0.2) is 25.1 Å². The Kier molecular flexibility index (Phi) is 9.10. The van der Waals surface area contributed by atoms with Gasteiger partial charge in [-0.3, -0.25) is 4.79 Å². The Bertz CT molecular complexity index is 426. The van der Waals surface area contributed by atoms with Crippen molar-refractivity contribution >= 4 is 21.8 Å². The van der Waals surface area contributed by atoms with Crippen LogP contribution < -0.4 is 15.8 Å². The normalized spacial score (nSPS) is 12.0. The van der Waals surface area contributed by atoms with Crippen LogP contribution in [0.2, 0.25) is 0 Å². The van der Waals surface area contributed by atoms with Crippen LogP contribution in [0.1, 0.15) is 39.0 Å². The molecule has 0 aliphatic heterocycles. The lowest BCUT2D eigenvalue weighted by molar-refractivity contribution is -0.122. The van der Waals surface area contributed by atoms with E-state index in [1.54, 1.807) is 0 Å². The topological polar surface area (TPSA) is 64.3 Å². The summed E-state index contributed by atoms with van der Waals surface area (Å²) >= 11 is 3.43. The van der Waals surface area contributed by atoms with Gasteiger partial charge in [0.15, 0.2) is 0 Å². The third-order valence-corrected chi connectivity index (χ3v) is 3.85. The highest BCUT2D eigenvalue weighted by molar-refractivity contribution is 9.10. The van der Waals surface area contributed by atoms with Gasteiger partial charge in [-0.15, -0.1) is 0 Å². The molecule has 0 radical (unpaired) electrons. The molecule has 0 spiro atoms. The number of carbonyl (C=O) groups is 1. The highest BCUT2D eigenvalue weighted by Gasteiger charge is 2.10. The largest absolute Gasteiger partial charge is 0.492 e. The van der Waals surface area contributed by atoms with Crippen LogP contribution in [0, 0.1) is 0 Å². The number of nitrogens with two attached hydrogens (primary N) is 1. The lowest BCUT2D eigenvalue weighted by Crippen LogP contribution is -2.40. The number of rotatable bonds is 10. The number of ether oxygens (including phenoxy) is 1. The second-order valence-electron chi connectivity index (χ2n) is 5.02. The van der Waals surface area contributed by atoms with E-state index < -0.39 is 0 Å². The second-order valence-corrected chi connectivity index (χ2v) is 5.88. The number of amides is 1. The number of halogens is 1. The van der Waals surface area contributed by atoms with Gasteiger partial charge in [-0.05, 0) is 40.9 Å². The predicted molar refractivity (Wildman–Crippen MR) is 89.4 cm³/mol. The standard InChI is InChI=1S/C16H25BrN2O2/c1-2-3-7-13(12-18)19-16(20)10-6-11-21-15-9-5-4-8-14(15)17/h4-5,8-9,13H,2-3,6-7,10-12,18H2,1H3,(H,19,20). The number of hydrogen-bond acceptors (Lipinski definition) is 3. The summed E-state index contributed by atoms with van der Waals surface area (Å²) in [6.07, 6.45) is 4.32. The molecule has 21 heavy (non-hydrogen) atoms. The molecule has 0 aromatic heterocycles. The average Bonchev–Trinajstić information content (AvgIpc) is 2.49. The van der Waals surface area contributed by atoms with Crippen molar-refractivity contribution in [1.82, 2.24) is 5.32 Å². The Hall–Kier alpha value is -1.07. The minimum atomic E-state index is 0.0530. The summed E-state index contributed by atoms with van der Waals surface area (Å²) in [5.41, 5.74) is 5.66. The number of unbranched alkanes of at least 4 members (excludes halogenated alkanes) is 1. The molecular weight excluding hydrogens is 332 g/mol. The lowest BCUT2D eigenvalue weighted by Gasteiger charge is -2.16. The van der Waals surface area contributed by atoms with Gasteiger partial charge in [0.25, 0.3) is 0 Å². The van der Waals surface area contributed by atoms with Crippen LogP contribution in [-0.2, 0) is 4.79 Å². The zero-order valence-electron chi connectivity index (χ0n) is 12.6.